The molecule has 0 aliphatic rings. The highest BCUT2D eigenvalue weighted by atomic mass is 35.5. The number of aryl methyl sites for hydroxylation is 1. The number of hydrogen-bond acceptors (Lipinski definition) is 2. The Kier molecular flexibility index (Phi) is 4.80. The van der Waals surface area contributed by atoms with Gasteiger partial charge in [-0.05, 0) is 48.2 Å². The van der Waals surface area contributed by atoms with Crippen LogP contribution in [0.3, 0.4) is 0 Å². The molecule has 0 radical (unpaired) electrons. The number of ether oxygens (including phenoxy) is 1. The molecule has 0 amide bonds. The van der Waals surface area contributed by atoms with E-state index in [9.17, 15) is 4.79 Å². The summed E-state index contributed by atoms with van der Waals surface area (Å²) in [5, 5.41) is -0.348. The Bertz CT molecular complexity index is 590. The lowest BCUT2D eigenvalue weighted by molar-refractivity contribution is -0.113. The molecule has 0 aliphatic heterocycles. The highest BCUT2D eigenvalue weighted by Gasteiger charge is 2.19. The third-order valence-electron chi connectivity index (χ3n) is 3.33. The van der Waals surface area contributed by atoms with E-state index in [1.54, 1.807) is 7.11 Å². The van der Waals surface area contributed by atoms with Gasteiger partial charge in [0.25, 0.3) is 0 Å². The second kappa shape index (κ2) is 6.58. The summed E-state index contributed by atoms with van der Waals surface area (Å²) in [4.78, 5) is 11.7. The number of rotatable bonds is 5. The highest BCUT2D eigenvalue weighted by Crippen LogP contribution is 2.26. The molecule has 2 aromatic carbocycles. The molecule has 1 atom stereocenters. The fourth-order valence-corrected chi connectivity index (χ4v) is 2.35. The maximum absolute atomic E-state index is 11.7. The Hall–Kier alpha value is -1.80. The molecule has 0 fully saturated rings. The molecule has 2 rings (SSSR count). The molecule has 0 spiro atoms. The van der Waals surface area contributed by atoms with Crippen molar-refractivity contribution in [3.8, 4) is 5.75 Å². The first kappa shape index (κ1) is 14.6. The molecule has 104 valence electrons. The van der Waals surface area contributed by atoms with Crippen molar-refractivity contribution in [2.24, 2.45) is 0 Å². The van der Waals surface area contributed by atoms with Crippen molar-refractivity contribution in [3.05, 3.63) is 65.2 Å². The number of carbonyl (C=O) groups excluding carboxylic acids is 1. The molecule has 0 N–H and O–H groups in total. The molecule has 0 aliphatic carbocycles. The van der Waals surface area contributed by atoms with E-state index < -0.39 is 0 Å². The summed E-state index contributed by atoms with van der Waals surface area (Å²) in [6.07, 6.45) is 0.593. The zero-order valence-corrected chi connectivity index (χ0v) is 12.4. The van der Waals surface area contributed by atoms with Gasteiger partial charge in [-0.25, -0.2) is 0 Å². The predicted octanol–water partition coefficient (Wildman–Crippen LogP) is 4.10. The van der Waals surface area contributed by atoms with E-state index in [1.807, 2.05) is 55.5 Å². The second-order valence-electron chi connectivity index (χ2n) is 4.82. The number of carbonyl (C=O) groups is 1. The summed E-state index contributed by atoms with van der Waals surface area (Å²) < 4.78 is 5.20. The van der Waals surface area contributed by atoms with Crippen molar-refractivity contribution in [2.75, 3.05) is 7.11 Å². The quantitative estimate of drug-likeness (QED) is 0.775. The Labute approximate surface area is 124 Å². The van der Waals surface area contributed by atoms with Crippen LogP contribution >= 0.6 is 11.6 Å². The first-order chi connectivity index (χ1) is 9.60. The van der Waals surface area contributed by atoms with Crippen molar-refractivity contribution >= 4 is 16.8 Å². The van der Waals surface area contributed by atoms with Gasteiger partial charge in [-0.1, -0.05) is 42.0 Å². The molecule has 0 bridgehead atoms. The normalized spacial score (nSPS) is 11.9. The van der Waals surface area contributed by atoms with Gasteiger partial charge in [-0.2, -0.15) is 0 Å². The third-order valence-corrected chi connectivity index (χ3v) is 3.59. The Balaban J connectivity index is 2.26. The number of halogens is 1. The molecule has 0 saturated carbocycles. The smallest absolute Gasteiger partial charge is 0.229 e. The standard InChI is InChI=1S/C17H17ClO2/c1-12-6-8-13(9-7-12)10-16(17(18)19)14-4-3-5-15(11-14)20-2/h3-9,11,16H,10H2,1-2H3. The predicted molar refractivity (Wildman–Crippen MR) is 81.5 cm³/mol. The number of benzene rings is 2. The second-order valence-corrected chi connectivity index (χ2v) is 5.20. The average Bonchev–Trinajstić information content (AvgIpc) is 2.46. The Morgan fingerprint density at radius 1 is 1.20 bits per heavy atom. The first-order valence-corrected chi connectivity index (χ1v) is 6.87. The average molecular weight is 289 g/mol. The van der Waals surface area contributed by atoms with E-state index in [0.717, 1.165) is 16.9 Å². The largest absolute Gasteiger partial charge is 0.497 e. The maximum atomic E-state index is 11.7. The van der Waals surface area contributed by atoms with Crippen molar-refractivity contribution in [1.29, 1.82) is 0 Å². The van der Waals surface area contributed by atoms with Crippen LogP contribution in [0.4, 0.5) is 0 Å². The molecule has 0 aromatic heterocycles. The van der Waals surface area contributed by atoms with Crippen LogP contribution < -0.4 is 4.74 Å². The van der Waals surface area contributed by atoms with Crippen LogP contribution in [-0.2, 0) is 11.2 Å². The van der Waals surface area contributed by atoms with Gasteiger partial charge < -0.3 is 4.74 Å². The van der Waals surface area contributed by atoms with Crippen LogP contribution in [0.5, 0.6) is 5.75 Å². The van der Waals surface area contributed by atoms with Crippen LogP contribution in [0.1, 0.15) is 22.6 Å². The molecule has 0 heterocycles. The van der Waals surface area contributed by atoms with E-state index in [1.165, 1.54) is 5.56 Å². The lowest BCUT2D eigenvalue weighted by Gasteiger charge is -2.14. The Morgan fingerprint density at radius 3 is 2.50 bits per heavy atom. The van der Waals surface area contributed by atoms with Crippen LogP contribution in [0.2, 0.25) is 0 Å². The highest BCUT2D eigenvalue weighted by molar-refractivity contribution is 6.64. The molecule has 1 unspecified atom stereocenters. The van der Waals surface area contributed by atoms with E-state index in [4.69, 9.17) is 16.3 Å². The maximum Gasteiger partial charge on any atom is 0.229 e. The zero-order valence-electron chi connectivity index (χ0n) is 11.6. The summed E-state index contributed by atoms with van der Waals surface area (Å²) in [6.45, 7) is 2.04. The van der Waals surface area contributed by atoms with Gasteiger partial charge >= 0.3 is 0 Å². The van der Waals surface area contributed by atoms with Gasteiger partial charge in [0.1, 0.15) is 5.75 Å². The van der Waals surface area contributed by atoms with Crippen LogP contribution in [0.15, 0.2) is 48.5 Å². The fraction of sp³-hybridized carbons (Fsp3) is 0.235. The van der Waals surface area contributed by atoms with E-state index in [2.05, 4.69) is 0 Å². The monoisotopic (exact) mass is 288 g/mol. The van der Waals surface area contributed by atoms with Crippen molar-refractivity contribution < 1.29 is 9.53 Å². The summed E-state index contributed by atoms with van der Waals surface area (Å²) in [5.41, 5.74) is 3.17. The number of methoxy groups -OCH3 is 1. The molecule has 3 heteroatoms. The fourth-order valence-electron chi connectivity index (χ4n) is 2.15. The number of hydrogen-bond donors (Lipinski definition) is 0. The lowest BCUT2D eigenvalue weighted by Crippen LogP contribution is -2.10. The van der Waals surface area contributed by atoms with Crippen LogP contribution in [0.25, 0.3) is 0 Å². The first-order valence-electron chi connectivity index (χ1n) is 6.49. The van der Waals surface area contributed by atoms with Gasteiger partial charge in [0.05, 0.1) is 13.0 Å². The van der Waals surface area contributed by atoms with Gasteiger partial charge in [-0.15, -0.1) is 0 Å². The lowest BCUT2D eigenvalue weighted by atomic mass is 9.92. The molecular formula is C17H17ClO2. The molecule has 0 saturated heterocycles. The van der Waals surface area contributed by atoms with Crippen molar-refractivity contribution in [1.82, 2.24) is 0 Å². The molecule has 20 heavy (non-hydrogen) atoms. The zero-order chi connectivity index (χ0) is 14.5. The minimum Gasteiger partial charge on any atom is -0.497 e. The summed E-state index contributed by atoms with van der Waals surface area (Å²) >= 11 is 5.78. The van der Waals surface area contributed by atoms with Crippen LogP contribution in [-0.4, -0.2) is 12.4 Å². The third kappa shape index (κ3) is 3.61. The minimum absolute atomic E-state index is 0.348. The van der Waals surface area contributed by atoms with Gasteiger partial charge in [0, 0.05) is 0 Å². The molecule has 2 aromatic rings. The van der Waals surface area contributed by atoms with Crippen molar-refractivity contribution in [3.63, 3.8) is 0 Å². The summed E-state index contributed by atoms with van der Waals surface area (Å²) in [7, 11) is 1.61. The van der Waals surface area contributed by atoms with E-state index in [0.29, 0.717) is 6.42 Å². The van der Waals surface area contributed by atoms with Gasteiger partial charge in [-0.3, -0.25) is 4.79 Å². The molecule has 2 nitrogen and oxygen atoms in total. The van der Waals surface area contributed by atoms with Crippen LogP contribution in [0, 0.1) is 6.92 Å². The topological polar surface area (TPSA) is 26.3 Å². The van der Waals surface area contributed by atoms with Crippen molar-refractivity contribution in [2.45, 2.75) is 19.3 Å². The SMILES string of the molecule is COc1cccc(C(Cc2ccc(C)cc2)C(=O)Cl)c1. The van der Waals surface area contributed by atoms with Gasteiger partial charge in [0.2, 0.25) is 5.24 Å². The van der Waals surface area contributed by atoms with Gasteiger partial charge in [0.15, 0.2) is 0 Å². The minimum atomic E-state index is -0.352. The molecular weight excluding hydrogens is 272 g/mol. The Morgan fingerprint density at radius 2 is 1.90 bits per heavy atom. The van der Waals surface area contributed by atoms with E-state index >= 15 is 0 Å². The summed E-state index contributed by atoms with van der Waals surface area (Å²) in [6, 6.07) is 15.6. The summed E-state index contributed by atoms with van der Waals surface area (Å²) in [5.74, 6) is 0.379. The van der Waals surface area contributed by atoms with E-state index in [-0.39, 0.29) is 11.2 Å².